The lowest BCUT2D eigenvalue weighted by molar-refractivity contribution is 0.650. The smallest absolute Gasteiger partial charge is 0.261 e. The zero-order valence-electron chi connectivity index (χ0n) is 8.19. The van der Waals surface area contributed by atoms with Crippen LogP contribution in [0.1, 0.15) is 6.42 Å². The molecule has 0 bridgehead atoms. The molecule has 1 aromatic heterocycles. The molecule has 0 fully saturated rings. The third-order valence-electron chi connectivity index (χ3n) is 2.26. The highest BCUT2D eigenvalue weighted by Crippen LogP contribution is 2.04. The molecule has 0 saturated heterocycles. The fourth-order valence-electron chi connectivity index (χ4n) is 1.50. The van der Waals surface area contributed by atoms with E-state index in [0.717, 1.165) is 11.9 Å². The van der Waals surface area contributed by atoms with Crippen LogP contribution in [0.5, 0.6) is 0 Å². The second-order valence-electron chi connectivity index (χ2n) is 3.30. The quantitative estimate of drug-likeness (QED) is 0.745. The molecule has 0 N–H and O–H groups in total. The Labute approximate surface area is 92.3 Å². The molecule has 0 atom stereocenters. The molecule has 0 saturated carbocycles. The summed E-state index contributed by atoms with van der Waals surface area (Å²) in [6.07, 6.45) is 2.36. The minimum atomic E-state index is 0.00529. The van der Waals surface area contributed by atoms with Gasteiger partial charge in [0.2, 0.25) is 0 Å². The van der Waals surface area contributed by atoms with Crippen LogP contribution < -0.4 is 5.56 Å². The normalized spacial score (nSPS) is 10.7. The SMILES string of the molecule is O=c1c2ccccc2ncn1CCCCl. The molecular weight excluding hydrogens is 212 g/mol. The van der Waals surface area contributed by atoms with Gasteiger partial charge in [-0.05, 0) is 18.6 Å². The van der Waals surface area contributed by atoms with Gasteiger partial charge in [-0.15, -0.1) is 11.6 Å². The van der Waals surface area contributed by atoms with E-state index in [2.05, 4.69) is 4.98 Å². The topological polar surface area (TPSA) is 34.9 Å². The lowest BCUT2D eigenvalue weighted by Crippen LogP contribution is -2.20. The Morgan fingerprint density at radius 1 is 1.33 bits per heavy atom. The van der Waals surface area contributed by atoms with Crippen molar-refractivity contribution in [3.8, 4) is 0 Å². The van der Waals surface area contributed by atoms with Gasteiger partial charge in [-0.1, -0.05) is 12.1 Å². The van der Waals surface area contributed by atoms with Crippen molar-refractivity contribution in [3.05, 3.63) is 40.9 Å². The van der Waals surface area contributed by atoms with Crippen LogP contribution in [0.3, 0.4) is 0 Å². The molecular formula is C11H11ClN2O. The number of aromatic nitrogens is 2. The highest BCUT2D eigenvalue weighted by Gasteiger charge is 2.01. The van der Waals surface area contributed by atoms with E-state index in [1.165, 1.54) is 0 Å². The first-order chi connectivity index (χ1) is 7.33. The van der Waals surface area contributed by atoms with Gasteiger partial charge in [0, 0.05) is 12.4 Å². The number of aryl methyl sites for hydroxylation is 1. The summed E-state index contributed by atoms with van der Waals surface area (Å²) in [6, 6.07) is 7.35. The molecule has 2 aromatic rings. The molecule has 4 heteroatoms. The Morgan fingerprint density at radius 2 is 2.13 bits per heavy atom. The summed E-state index contributed by atoms with van der Waals surface area (Å²) in [5, 5.41) is 0.662. The first kappa shape index (κ1) is 10.2. The Morgan fingerprint density at radius 3 is 2.93 bits per heavy atom. The minimum absolute atomic E-state index is 0.00529. The first-order valence-electron chi connectivity index (χ1n) is 4.83. The number of para-hydroxylation sites is 1. The molecule has 0 aliphatic carbocycles. The molecule has 78 valence electrons. The Bertz CT molecular complexity index is 521. The zero-order chi connectivity index (χ0) is 10.7. The maximum absolute atomic E-state index is 11.9. The largest absolute Gasteiger partial charge is 0.299 e. The summed E-state index contributed by atoms with van der Waals surface area (Å²) in [4.78, 5) is 16.1. The van der Waals surface area contributed by atoms with E-state index in [4.69, 9.17) is 11.6 Å². The van der Waals surface area contributed by atoms with Crippen LogP contribution in [0, 0.1) is 0 Å². The van der Waals surface area contributed by atoms with Crippen molar-refractivity contribution in [3.63, 3.8) is 0 Å². The molecule has 1 aromatic carbocycles. The van der Waals surface area contributed by atoms with Gasteiger partial charge in [0.15, 0.2) is 0 Å². The molecule has 2 rings (SSSR count). The van der Waals surface area contributed by atoms with Crippen molar-refractivity contribution in [2.24, 2.45) is 0 Å². The molecule has 0 amide bonds. The monoisotopic (exact) mass is 222 g/mol. The summed E-state index contributed by atoms with van der Waals surface area (Å²) >= 11 is 5.59. The predicted octanol–water partition coefficient (Wildman–Crippen LogP) is 2.03. The molecule has 1 heterocycles. The molecule has 0 unspecified atom stereocenters. The summed E-state index contributed by atoms with van der Waals surface area (Å²) in [7, 11) is 0. The fourth-order valence-corrected chi connectivity index (χ4v) is 1.62. The van der Waals surface area contributed by atoms with Crippen molar-refractivity contribution in [1.29, 1.82) is 0 Å². The van der Waals surface area contributed by atoms with Gasteiger partial charge < -0.3 is 0 Å². The number of rotatable bonds is 3. The highest BCUT2D eigenvalue weighted by molar-refractivity contribution is 6.17. The van der Waals surface area contributed by atoms with Crippen molar-refractivity contribution >= 4 is 22.5 Å². The average Bonchev–Trinajstić information content (AvgIpc) is 2.29. The third kappa shape index (κ3) is 2.02. The second kappa shape index (κ2) is 4.45. The summed E-state index contributed by atoms with van der Waals surface area (Å²) in [5.41, 5.74) is 0.746. The average molecular weight is 223 g/mol. The van der Waals surface area contributed by atoms with Gasteiger partial charge in [0.25, 0.3) is 5.56 Å². The number of hydrogen-bond acceptors (Lipinski definition) is 2. The number of nitrogens with zero attached hydrogens (tertiary/aromatic N) is 2. The van der Waals surface area contributed by atoms with Gasteiger partial charge in [0.1, 0.15) is 0 Å². The van der Waals surface area contributed by atoms with Gasteiger partial charge in [-0.2, -0.15) is 0 Å². The summed E-state index contributed by atoms with van der Waals surface area (Å²) in [6.45, 7) is 0.625. The lowest BCUT2D eigenvalue weighted by Gasteiger charge is -2.04. The van der Waals surface area contributed by atoms with Crippen LogP contribution in [0.4, 0.5) is 0 Å². The highest BCUT2D eigenvalue weighted by atomic mass is 35.5. The van der Waals surface area contributed by atoms with Crippen LogP contribution in [0.2, 0.25) is 0 Å². The third-order valence-corrected chi connectivity index (χ3v) is 2.53. The van der Waals surface area contributed by atoms with Crippen molar-refractivity contribution in [1.82, 2.24) is 9.55 Å². The van der Waals surface area contributed by atoms with Crippen molar-refractivity contribution < 1.29 is 0 Å². The number of hydrogen-bond donors (Lipinski definition) is 0. The van der Waals surface area contributed by atoms with Crippen LogP contribution in [-0.4, -0.2) is 15.4 Å². The number of alkyl halides is 1. The molecule has 3 nitrogen and oxygen atoms in total. The zero-order valence-corrected chi connectivity index (χ0v) is 8.94. The molecule has 0 radical (unpaired) electrons. The van der Waals surface area contributed by atoms with Gasteiger partial charge >= 0.3 is 0 Å². The van der Waals surface area contributed by atoms with Gasteiger partial charge in [-0.25, -0.2) is 4.98 Å². The van der Waals surface area contributed by atoms with E-state index >= 15 is 0 Å². The van der Waals surface area contributed by atoms with Crippen LogP contribution in [0.15, 0.2) is 35.4 Å². The van der Waals surface area contributed by atoms with Crippen LogP contribution in [0.25, 0.3) is 10.9 Å². The predicted molar refractivity (Wildman–Crippen MR) is 61.3 cm³/mol. The number of benzene rings is 1. The van der Waals surface area contributed by atoms with E-state index in [9.17, 15) is 4.79 Å². The van der Waals surface area contributed by atoms with Gasteiger partial charge in [0.05, 0.1) is 17.2 Å². The summed E-state index contributed by atoms with van der Waals surface area (Å²) < 4.78 is 1.60. The molecule has 0 spiro atoms. The van der Waals surface area contributed by atoms with Gasteiger partial charge in [-0.3, -0.25) is 9.36 Å². The van der Waals surface area contributed by atoms with Crippen LogP contribution >= 0.6 is 11.6 Å². The molecule has 0 aliphatic heterocycles. The summed E-state index contributed by atoms with van der Waals surface area (Å²) in [5.74, 6) is 0.555. The molecule has 0 aliphatic rings. The minimum Gasteiger partial charge on any atom is -0.299 e. The standard InChI is InChI=1S/C11H11ClN2O/c12-6-3-7-14-8-13-10-5-2-1-4-9(10)11(14)15/h1-2,4-5,8H,3,6-7H2. The number of fused-ring (bicyclic) bond motifs is 1. The van der Waals surface area contributed by atoms with E-state index < -0.39 is 0 Å². The van der Waals surface area contributed by atoms with E-state index in [-0.39, 0.29) is 5.56 Å². The van der Waals surface area contributed by atoms with Crippen molar-refractivity contribution in [2.45, 2.75) is 13.0 Å². The Kier molecular flexibility index (Phi) is 3.02. The Hall–Kier alpha value is -1.35. The van der Waals surface area contributed by atoms with E-state index in [1.807, 2.05) is 18.2 Å². The Balaban J connectivity index is 2.51. The van der Waals surface area contributed by atoms with Crippen LogP contribution in [-0.2, 0) is 6.54 Å². The molecule has 15 heavy (non-hydrogen) atoms. The fraction of sp³-hybridized carbons (Fsp3) is 0.273. The maximum Gasteiger partial charge on any atom is 0.261 e. The van der Waals surface area contributed by atoms with E-state index in [1.54, 1.807) is 17.0 Å². The second-order valence-corrected chi connectivity index (χ2v) is 3.68. The first-order valence-corrected chi connectivity index (χ1v) is 5.36. The number of halogens is 1. The lowest BCUT2D eigenvalue weighted by atomic mass is 10.2. The van der Waals surface area contributed by atoms with E-state index in [0.29, 0.717) is 17.8 Å². The maximum atomic E-state index is 11.9. The van der Waals surface area contributed by atoms with Crippen molar-refractivity contribution in [2.75, 3.05) is 5.88 Å².